The van der Waals surface area contributed by atoms with E-state index in [1.165, 1.54) is 33.8 Å². The molecule has 6 heteroatoms. The standard InChI is InChI=1S/C28H34N4OS/c1-5-21-11-8-10-18(2)26(21)32-19(3)16-23(20(32)4)27-25(24-13-6-7-14-29-24)30-28(34)31(27)17-22-12-9-15-33-22/h6-8,10-11,13-14,16,22,25,27H,5,9,12,15,17H2,1-4H3,(H,30,34). The van der Waals surface area contributed by atoms with Crippen molar-refractivity contribution >= 4 is 17.3 Å². The fraction of sp³-hybridized carbons (Fsp3) is 0.429. The Labute approximate surface area is 208 Å². The maximum absolute atomic E-state index is 6.01. The van der Waals surface area contributed by atoms with E-state index in [9.17, 15) is 0 Å². The summed E-state index contributed by atoms with van der Waals surface area (Å²) in [6, 6.07) is 15.1. The molecule has 5 rings (SSSR count). The molecule has 3 aromatic rings. The smallest absolute Gasteiger partial charge is 0.170 e. The van der Waals surface area contributed by atoms with Crippen LogP contribution < -0.4 is 5.32 Å². The number of nitrogens with one attached hydrogen (secondary N) is 1. The predicted octanol–water partition coefficient (Wildman–Crippen LogP) is 5.51. The molecule has 34 heavy (non-hydrogen) atoms. The van der Waals surface area contributed by atoms with E-state index in [0.29, 0.717) is 0 Å². The quantitative estimate of drug-likeness (QED) is 0.477. The van der Waals surface area contributed by atoms with Gasteiger partial charge in [-0.05, 0) is 87.1 Å². The minimum absolute atomic E-state index is 0.00781. The molecule has 0 bridgehead atoms. The number of aryl methyl sites for hydroxylation is 3. The number of pyridine rings is 1. The van der Waals surface area contributed by atoms with E-state index >= 15 is 0 Å². The Morgan fingerprint density at radius 2 is 2.00 bits per heavy atom. The zero-order valence-corrected chi connectivity index (χ0v) is 21.4. The molecule has 2 aliphatic heterocycles. The van der Waals surface area contributed by atoms with Crippen molar-refractivity contribution in [1.29, 1.82) is 0 Å². The zero-order chi connectivity index (χ0) is 23.8. The minimum atomic E-state index is -0.00781. The van der Waals surface area contributed by atoms with Gasteiger partial charge in [-0.2, -0.15) is 0 Å². The molecule has 2 aliphatic rings. The number of aromatic nitrogens is 2. The monoisotopic (exact) mass is 474 g/mol. The van der Waals surface area contributed by atoms with Crippen molar-refractivity contribution in [1.82, 2.24) is 19.8 Å². The van der Waals surface area contributed by atoms with Gasteiger partial charge >= 0.3 is 0 Å². The lowest BCUT2D eigenvalue weighted by Gasteiger charge is -2.30. The van der Waals surface area contributed by atoms with Crippen molar-refractivity contribution in [3.8, 4) is 5.69 Å². The topological polar surface area (TPSA) is 42.3 Å². The second kappa shape index (κ2) is 9.51. The molecule has 0 amide bonds. The maximum Gasteiger partial charge on any atom is 0.170 e. The lowest BCUT2D eigenvalue weighted by atomic mass is 9.96. The molecule has 3 atom stereocenters. The Kier molecular flexibility index (Phi) is 6.45. The predicted molar refractivity (Wildman–Crippen MR) is 140 cm³/mol. The van der Waals surface area contributed by atoms with Gasteiger partial charge in [0.2, 0.25) is 0 Å². The molecule has 2 fully saturated rings. The van der Waals surface area contributed by atoms with Crippen molar-refractivity contribution in [3.63, 3.8) is 0 Å². The highest BCUT2D eigenvalue weighted by Gasteiger charge is 2.42. The van der Waals surface area contributed by atoms with Gasteiger partial charge in [0.1, 0.15) is 0 Å². The van der Waals surface area contributed by atoms with Crippen LogP contribution in [0.3, 0.4) is 0 Å². The highest BCUT2D eigenvalue weighted by atomic mass is 32.1. The van der Waals surface area contributed by atoms with E-state index in [-0.39, 0.29) is 18.2 Å². The summed E-state index contributed by atoms with van der Waals surface area (Å²) in [5, 5.41) is 4.39. The highest BCUT2D eigenvalue weighted by molar-refractivity contribution is 7.80. The van der Waals surface area contributed by atoms with Gasteiger partial charge in [0, 0.05) is 30.7 Å². The largest absolute Gasteiger partial charge is 0.376 e. The van der Waals surface area contributed by atoms with Crippen molar-refractivity contribution < 1.29 is 4.74 Å². The molecule has 0 radical (unpaired) electrons. The van der Waals surface area contributed by atoms with E-state index < -0.39 is 0 Å². The number of para-hydroxylation sites is 1. The van der Waals surface area contributed by atoms with E-state index in [1.54, 1.807) is 0 Å². The number of ether oxygens (including phenoxy) is 1. The summed E-state index contributed by atoms with van der Waals surface area (Å²) in [5.74, 6) is 0. The van der Waals surface area contributed by atoms with Crippen LogP contribution in [0.4, 0.5) is 0 Å². The van der Waals surface area contributed by atoms with Crippen LogP contribution >= 0.6 is 12.2 Å². The van der Waals surface area contributed by atoms with Gasteiger partial charge in [-0.25, -0.2) is 0 Å². The van der Waals surface area contributed by atoms with Gasteiger partial charge in [0.05, 0.1) is 29.6 Å². The van der Waals surface area contributed by atoms with Crippen LogP contribution in [0.15, 0.2) is 48.7 Å². The third kappa shape index (κ3) is 4.03. The molecule has 0 saturated carbocycles. The summed E-state index contributed by atoms with van der Waals surface area (Å²) in [5.41, 5.74) is 8.78. The normalized spacial score (nSPS) is 22.4. The lowest BCUT2D eigenvalue weighted by Crippen LogP contribution is -2.36. The van der Waals surface area contributed by atoms with Crippen LogP contribution in [0.25, 0.3) is 5.69 Å². The number of hydrogen-bond donors (Lipinski definition) is 1. The van der Waals surface area contributed by atoms with E-state index in [1.807, 2.05) is 12.3 Å². The van der Waals surface area contributed by atoms with Gasteiger partial charge in [0.25, 0.3) is 0 Å². The summed E-state index contributed by atoms with van der Waals surface area (Å²) in [4.78, 5) is 7.05. The average molecular weight is 475 g/mol. The first-order chi connectivity index (χ1) is 16.5. The van der Waals surface area contributed by atoms with Crippen LogP contribution in [0.2, 0.25) is 0 Å². The van der Waals surface area contributed by atoms with Gasteiger partial charge in [0.15, 0.2) is 5.11 Å². The second-order valence-electron chi connectivity index (χ2n) is 9.51. The molecular weight excluding hydrogens is 440 g/mol. The molecule has 4 heterocycles. The minimum Gasteiger partial charge on any atom is -0.376 e. The zero-order valence-electron chi connectivity index (χ0n) is 20.5. The summed E-state index contributed by atoms with van der Waals surface area (Å²) in [6.07, 6.45) is 5.29. The molecule has 0 aliphatic carbocycles. The van der Waals surface area contributed by atoms with E-state index in [2.05, 4.69) is 78.9 Å². The fourth-order valence-corrected chi connectivity index (χ4v) is 6.02. The maximum atomic E-state index is 6.01. The first kappa shape index (κ1) is 23.1. The Bertz CT molecular complexity index is 1180. The first-order valence-electron chi connectivity index (χ1n) is 12.4. The van der Waals surface area contributed by atoms with Gasteiger partial charge in [-0.1, -0.05) is 31.2 Å². The number of thiocarbonyl (C=S) groups is 1. The Hall–Kier alpha value is -2.70. The second-order valence-corrected chi connectivity index (χ2v) is 9.90. The third-order valence-corrected chi connectivity index (χ3v) is 7.69. The summed E-state index contributed by atoms with van der Waals surface area (Å²) < 4.78 is 8.45. The Morgan fingerprint density at radius 3 is 2.71 bits per heavy atom. The number of benzene rings is 1. The van der Waals surface area contributed by atoms with Crippen molar-refractivity contribution in [2.45, 2.75) is 65.1 Å². The number of hydrogen-bond acceptors (Lipinski definition) is 3. The third-order valence-electron chi connectivity index (χ3n) is 7.34. The van der Waals surface area contributed by atoms with Crippen molar-refractivity contribution in [2.24, 2.45) is 0 Å². The van der Waals surface area contributed by atoms with E-state index in [0.717, 1.165) is 43.2 Å². The Morgan fingerprint density at radius 1 is 1.15 bits per heavy atom. The van der Waals surface area contributed by atoms with Crippen molar-refractivity contribution in [3.05, 3.63) is 82.4 Å². The van der Waals surface area contributed by atoms with Crippen LogP contribution in [-0.2, 0) is 11.2 Å². The van der Waals surface area contributed by atoms with E-state index in [4.69, 9.17) is 21.9 Å². The summed E-state index contributed by atoms with van der Waals surface area (Å²) in [7, 11) is 0. The molecule has 3 unspecified atom stereocenters. The van der Waals surface area contributed by atoms with Crippen LogP contribution in [0, 0.1) is 20.8 Å². The molecule has 1 N–H and O–H groups in total. The molecule has 2 aromatic heterocycles. The summed E-state index contributed by atoms with van der Waals surface area (Å²) >= 11 is 5.89. The molecular formula is C28H34N4OS. The lowest BCUT2D eigenvalue weighted by molar-refractivity contribution is 0.0842. The molecule has 2 saturated heterocycles. The molecule has 178 valence electrons. The van der Waals surface area contributed by atoms with Crippen molar-refractivity contribution in [2.75, 3.05) is 13.2 Å². The summed E-state index contributed by atoms with van der Waals surface area (Å²) in [6.45, 7) is 10.5. The van der Waals surface area contributed by atoms with Gasteiger partial charge in [-0.3, -0.25) is 4.98 Å². The Balaban J connectivity index is 1.63. The first-order valence-corrected chi connectivity index (χ1v) is 12.8. The number of rotatable bonds is 6. The van der Waals surface area contributed by atoms with Gasteiger partial charge in [-0.15, -0.1) is 0 Å². The number of nitrogens with zero attached hydrogens (tertiary/aromatic N) is 3. The SMILES string of the molecule is CCc1cccc(C)c1-n1c(C)cc(C2C(c3ccccn3)NC(=S)N2CC2CCCO2)c1C. The average Bonchev–Trinajstić information content (AvgIpc) is 3.54. The molecule has 5 nitrogen and oxygen atoms in total. The molecule has 1 aromatic carbocycles. The molecule has 0 spiro atoms. The fourth-order valence-electron chi connectivity index (χ4n) is 5.70. The van der Waals surface area contributed by atoms with Crippen LogP contribution in [0.1, 0.15) is 65.6 Å². The van der Waals surface area contributed by atoms with Crippen LogP contribution in [-0.4, -0.2) is 38.8 Å². The van der Waals surface area contributed by atoms with Crippen LogP contribution in [0.5, 0.6) is 0 Å². The van der Waals surface area contributed by atoms with Gasteiger partial charge < -0.3 is 19.5 Å². The highest BCUT2D eigenvalue weighted by Crippen LogP contribution is 2.42.